The standard InChI is InChI=1S/C58H117N5O2/c1-6-11-16-21-26-27-28-33-38-43-48-61(50-49-59(44-39-34-29-22-17-12-7-2)45-40-35-30-23-18-13-8-3)56-58(65)63-53-51-62(52-54-63)57(64)55-60(46-41-36-31-24-19-14-9-4)47-42-37-32-25-20-15-10-5/h6-56H2,1-5H3. The Morgan fingerprint density at radius 3 is 0.692 bits per heavy atom. The quantitative estimate of drug-likeness (QED) is 0.0569. The van der Waals surface area contributed by atoms with Gasteiger partial charge in [0.25, 0.3) is 0 Å². The number of piperazine rings is 1. The molecule has 7 nitrogen and oxygen atoms in total. The summed E-state index contributed by atoms with van der Waals surface area (Å²) in [5.41, 5.74) is 0. The monoisotopic (exact) mass is 916 g/mol. The third-order valence-corrected chi connectivity index (χ3v) is 14.6. The molecule has 0 atom stereocenters. The van der Waals surface area contributed by atoms with Crippen molar-refractivity contribution in [1.29, 1.82) is 0 Å². The fourth-order valence-corrected chi connectivity index (χ4v) is 9.94. The van der Waals surface area contributed by atoms with Crippen LogP contribution < -0.4 is 0 Å². The molecule has 0 aromatic carbocycles. The lowest BCUT2D eigenvalue weighted by molar-refractivity contribution is -0.140. The third kappa shape index (κ3) is 38.4. The van der Waals surface area contributed by atoms with E-state index in [1.165, 1.54) is 257 Å². The van der Waals surface area contributed by atoms with E-state index in [0.717, 1.165) is 32.7 Å². The first-order valence-corrected chi connectivity index (χ1v) is 29.7. The van der Waals surface area contributed by atoms with Crippen LogP contribution in [-0.4, -0.2) is 121 Å². The van der Waals surface area contributed by atoms with Gasteiger partial charge in [0.15, 0.2) is 0 Å². The van der Waals surface area contributed by atoms with E-state index in [1.807, 2.05) is 0 Å². The Hall–Kier alpha value is -1.18. The molecule has 0 radical (unpaired) electrons. The molecule has 2 amide bonds. The van der Waals surface area contributed by atoms with E-state index < -0.39 is 0 Å². The van der Waals surface area contributed by atoms with Crippen molar-refractivity contribution < 1.29 is 9.59 Å². The number of amides is 2. The first-order chi connectivity index (χ1) is 32.0. The molecule has 1 fully saturated rings. The summed E-state index contributed by atoms with van der Waals surface area (Å²) in [4.78, 5) is 39.7. The molecular weight excluding hydrogens is 799 g/mol. The predicted molar refractivity (Wildman–Crippen MR) is 286 cm³/mol. The van der Waals surface area contributed by atoms with Crippen molar-refractivity contribution in [3.63, 3.8) is 0 Å². The first-order valence-electron chi connectivity index (χ1n) is 29.7. The first kappa shape index (κ1) is 61.8. The van der Waals surface area contributed by atoms with Crippen molar-refractivity contribution in [3.05, 3.63) is 0 Å². The van der Waals surface area contributed by atoms with Gasteiger partial charge in [-0.15, -0.1) is 0 Å². The lowest BCUT2D eigenvalue weighted by atomic mass is 10.1. The van der Waals surface area contributed by atoms with Gasteiger partial charge in [0.2, 0.25) is 11.8 Å². The number of unbranched alkanes of at least 4 members (excludes halogenated alkanes) is 33. The minimum atomic E-state index is 0.271. The highest BCUT2D eigenvalue weighted by Gasteiger charge is 2.26. The molecule has 1 heterocycles. The smallest absolute Gasteiger partial charge is 0.236 e. The van der Waals surface area contributed by atoms with Crippen molar-refractivity contribution in [3.8, 4) is 0 Å². The topological polar surface area (TPSA) is 50.3 Å². The Labute approximate surface area is 408 Å². The molecule has 0 unspecified atom stereocenters. The average Bonchev–Trinajstić information content (AvgIpc) is 3.31. The zero-order valence-electron chi connectivity index (χ0n) is 45.1. The normalized spacial score (nSPS) is 13.4. The Bertz CT molecular complexity index is 967. The third-order valence-electron chi connectivity index (χ3n) is 14.6. The fraction of sp³-hybridized carbons (Fsp3) is 0.966. The van der Waals surface area contributed by atoms with Crippen LogP contribution in [0.5, 0.6) is 0 Å². The minimum absolute atomic E-state index is 0.271. The van der Waals surface area contributed by atoms with Crippen molar-refractivity contribution >= 4 is 11.8 Å². The van der Waals surface area contributed by atoms with Gasteiger partial charge in [0, 0.05) is 39.3 Å². The summed E-state index contributed by atoms with van der Waals surface area (Å²) in [5, 5.41) is 0. The highest BCUT2D eigenvalue weighted by molar-refractivity contribution is 5.80. The zero-order chi connectivity index (χ0) is 47.1. The van der Waals surface area contributed by atoms with Gasteiger partial charge in [-0.1, -0.05) is 247 Å². The SMILES string of the molecule is CCCCCCCCCCCCN(CCN(CCCCCCCCC)CCCCCCCCC)CC(=O)N1CCN(C(=O)CN(CCCCCCCCC)CCCCCCCCC)CC1. The number of nitrogens with zero attached hydrogens (tertiary/aromatic N) is 5. The van der Waals surface area contributed by atoms with Gasteiger partial charge in [-0.05, 0) is 64.8 Å². The van der Waals surface area contributed by atoms with Gasteiger partial charge in [0.1, 0.15) is 0 Å². The lowest BCUT2D eigenvalue weighted by Gasteiger charge is -2.37. The van der Waals surface area contributed by atoms with Gasteiger partial charge in [-0.3, -0.25) is 19.4 Å². The summed E-state index contributed by atoms with van der Waals surface area (Å²) >= 11 is 0. The van der Waals surface area contributed by atoms with E-state index in [9.17, 15) is 9.59 Å². The number of hydrogen-bond acceptors (Lipinski definition) is 5. The van der Waals surface area contributed by atoms with Crippen LogP contribution in [0.1, 0.15) is 279 Å². The summed E-state index contributed by atoms with van der Waals surface area (Å²) in [6.07, 6.45) is 50.7. The van der Waals surface area contributed by atoms with Crippen LogP contribution in [0.4, 0.5) is 0 Å². The van der Waals surface area contributed by atoms with Crippen LogP contribution in [0.3, 0.4) is 0 Å². The van der Waals surface area contributed by atoms with Crippen LogP contribution in [-0.2, 0) is 9.59 Å². The van der Waals surface area contributed by atoms with Gasteiger partial charge >= 0.3 is 0 Å². The second-order valence-corrected chi connectivity index (χ2v) is 20.8. The summed E-state index contributed by atoms with van der Waals surface area (Å²) in [6, 6.07) is 0. The maximum absolute atomic E-state index is 14.0. The fourth-order valence-electron chi connectivity index (χ4n) is 9.94. The molecule has 1 saturated heterocycles. The van der Waals surface area contributed by atoms with Crippen LogP contribution in [0.15, 0.2) is 0 Å². The van der Waals surface area contributed by atoms with Crippen LogP contribution in [0.25, 0.3) is 0 Å². The van der Waals surface area contributed by atoms with Gasteiger partial charge in [0.05, 0.1) is 13.1 Å². The molecule has 1 aliphatic rings. The van der Waals surface area contributed by atoms with Gasteiger partial charge in [-0.2, -0.15) is 0 Å². The summed E-state index contributed by atoms with van der Waals surface area (Å²) in [7, 11) is 0. The molecule has 65 heavy (non-hydrogen) atoms. The molecule has 0 saturated carbocycles. The molecule has 0 aromatic heterocycles. The molecule has 0 spiro atoms. The number of carbonyl (C=O) groups excluding carboxylic acids is 2. The largest absolute Gasteiger partial charge is 0.338 e. The van der Waals surface area contributed by atoms with E-state index in [4.69, 9.17) is 0 Å². The van der Waals surface area contributed by atoms with Crippen LogP contribution in [0.2, 0.25) is 0 Å². The van der Waals surface area contributed by atoms with Gasteiger partial charge < -0.3 is 14.7 Å². The number of carbonyl (C=O) groups is 2. The Morgan fingerprint density at radius 2 is 0.446 bits per heavy atom. The van der Waals surface area contributed by atoms with Crippen LogP contribution >= 0.6 is 0 Å². The maximum atomic E-state index is 14.0. The van der Waals surface area contributed by atoms with Crippen LogP contribution in [0, 0.1) is 0 Å². The highest BCUT2D eigenvalue weighted by Crippen LogP contribution is 2.15. The molecular formula is C58H117N5O2. The number of hydrogen-bond donors (Lipinski definition) is 0. The molecule has 386 valence electrons. The minimum Gasteiger partial charge on any atom is -0.338 e. The molecule has 0 N–H and O–H groups in total. The maximum Gasteiger partial charge on any atom is 0.236 e. The second-order valence-electron chi connectivity index (χ2n) is 20.8. The number of rotatable bonds is 50. The molecule has 0 aliphatic carbocycles. The van der Waals surface area contributed by atoms with E-state index in [1.54, 1.807) is 0 Å². The van der Waals surface area contributed by atoms with E-state index in [-0.39, 0.29) is 11.8 Å². The average molecular weight is 917 g/mol. The van der Waals surface area contributed by atoms with Crippen molar-refractivity contribution in [2.24, 2.45) is 0 Å². The van der Waals surface area contributed by atoms with E-state index >= 15 is 0 Å². The second kappa shape index (κ2) is 47.9. The summed E-state index contributed by atoms with van der Waals surface area (Å²) in [5.74, 6) is 0.543. The molecule has 1 rings (SSSR count). The summed E-state index contributed by atoms with van der Waals surface area (Å²) < 4.78 is 0. The molecule has 0 bridgehead atoms. The van der Waals surface area contributed by atoms with Crippen molar-refractivity contribution in [2.45, 2.75) is 279 Å². The highest BCUT2D eigenvalue weighted by atomic mass is 16.2. The Morgan fingerprint density at radius 1 is 0.262 bits per heavy atom. The molecule has 7 heteroatoms. The van der Waals surface area contributed by atoms with E-state index in [0.29, 0.717) is 39.3 Å². The lowest BCUT2D eigenvalue weighted by Crippen LogP contribution is -2.54. The van der Waals surface area contributed by atoms with Crippen molar-refractivity contribution in [1.82, 2.24) is 24.5 Å². The molecule has 1 aliphatic heterocycles. The summed E-state index contributed by atoms with van der Waals surface area (Å²) in [6.45, 7) is 22.8. The van der Waals surface area contributed by atoms with Gasteiger partial charge in [-0.25, -0.2) is 0 Å². The van der Waals surface area contributed by atoms with E-state index in [2.05, 4.69) is 59.1 Å². The predicted octanol–water partition coefficient (Wildman–Crippen LogP) is 15.5. The molecule has 0 aromatic rings. The Balaban J connectivity index is 2.79. The Kier molecular flexibility index (Phi) is 45.5. The van der Waals surface area contributed by atoms with Crippen molar-refractivity contribution in [2.75, 3.05) is 85.1 Å². The zero-order valence-corrected chi connectivity index (χ0v) is 45.1.